The Morgan fingerprint density at radius 2 is 1.70 bits per heavy atom. The summed E-state index contributed by atoms with van der Waals surface area (Å²) in [4.78, 5) is 26.1. The van der Waals surface area contributed by atoms with Gasteiger partial charge in [0.1, 0.15) is 17.3 Å². The van der Waals surface area contributed by atoms with Gasteiger partial charge in [-0.15, -0.1) is 0 Å². The molecule has 2 N–H and O–H groups in total. The first-order valence-electron chi connectivity index (χ1n) is 10.4. The molecule has 0 bridgehead atoms. The van der Waals surface area contributed by atoms with Crippen LogP contribution in [0.15, 0.2) is 0 Å². The van der Waals surface area contributed by atoms with Crippen LogP contribution < -0.4 is 0 Å². The summed E-state index contributed by atoms with van der Waals surface area (Å²) in [5, 5.41) is 21.8. The number of carbonyl (C=O) groups is 2. The number of carbonyl (C=O) groups excluding carboxylic acids is 2. The Bertz CT molecular complexity index is 646. The Morgan fingerprint density at radius 3 is 2.17 bits per heavy atom. The van der Waals surface area contributed by atoms with Gasteiger partial charge >= 0.3 is 19.2 Å². The summed E-state index contributed by atoms with van der Waals surface area (Å²) >= 11 is 0. The molecule has 0 saturated carbocycles. The third-order valence-electron chi connectivity index (χ3n) is 6.10. The smallest absolute Gasteiger partial charge is 0.457 e. The minimum absolute atomic E-state index is 0.0529. The Labute approximate surface area is 179 Å². The van der Waals surface area contributed by atoms with Crippen molar-refractivity contribution >= 4 is 19.2 Å². The van der Waals surface area contributed by atoms with Gasteiger partial charge in [0.25, 0.3) is 0 Å². The molecule has 2 saturated heterocycles. The van der Waals surface area contributed by atoms with Crippen LogP contribution >= 0.6 is 0 Å². The van der Waals surface area contributed by atoms with Crippen molar-refractivity contribution in [1.29, 1.82) is 0 Å². The Kier molecular flexibility index (Phi) is 6.89. The second-order valence-electron chi connectivity index (χ2n) is 10.1. The quantitative estimate of drug-likeness (QED) is 0.502. The summed E-state index contributed by atoms with van der Waals surface area (Å²) < 4.78 is 22.1. The fourth-order valence-electron chi connectivity index (χ4n) is 3.78. The van der Waals surface area contributed by atoms with E-state index >= 15 is 0 Å². The number of ether oxygens (including phenoxy) is 2. The van der Waals surface area contributed by atoms with Crippen LogP contribution in [0.25, 0.3) is 0 Å². The number of hydrogen-bond donors (Lipinski definition) is 2. The van der Waals surface area contributed by atoms with Crippen LogP contribution in [0.1, 0.15) is 61.3 Å². The molecule has 0 aliphatic carbocycles. The van der Waals surface area contributed by atoms with Crippen LogP contribution in [-0.4, -0.2) is 82.5 Å². The second-order valence-corrected chi connectivity index (χ2v) is 10.1. The number of nitrogens with zero attached hydrogens (tertiary/aromatic N) is 1. The van der Waals surface area contributed by atoms with Crippen LogP contribution in [0.3, 0.4) is 0 Å². The Hall–Kier alpha value is -1.36. The largest absolute Gasteiger partial charge is 0.467 e. The number of esters is 1. The van der Waals surface area contributed by atoms with Gasteiger partial charge in [0.15, 0.2) is 6.04 Å². The predicted octanol–water partition coefficient (Wildman–Crippen LogP) is 1.74. The molecule has 0 aromatic rings. The van der Waals surface area contributed by atoms with Gasteiger partial charge in [0.2, 0.25) is 0 Å². The van der Waals surface area contributed by atoms with Gasteiger partial charge in [-0.1, -0.05) is 6.42 Å². The summed E-state index contributed by atoms with van der Waals surface area (Å²) in [7, 11) is 0.709. The first-order chi connectivity index (χ1) is 13.5. The zero-order chi connectivity index (χ0) is 23.1. The molecule has 1 amide bonds. The number of aliphatic hydroxyl groups is 2. The van der Waals surface area contributed by atoms with Crippen molar-refractivity contribution in [3.63, 3.8) is 0 Å². The highest BCUT2D eigenvalue weighted by molar-refractivity contribution is 6.45. The van der Waals surface area contributed by atoms with Crippen LogP contribution in [0.2, 0.25) is 6.32 Å². The molecule has 2 aliphatic rings. The molecule has 10 heteroatoms. The van der Waals surface area contributed by atoms with Crippen LogP contribution in [0.5, 0.6) is 0 Å². The Balaban J connectivity index is 2.11. The van der Waals surface area contributed by atoms with Crippen LogP contribution in [0, 0.1) is 0 Å². The van der Waals surface area contributed by atoms with E-state index in [9.17, 15) is 19.8 Å². The molecule has 0 aromatic carbocycles. The van der Waals surface area contributed by atoms with E-state index in [0.29, 0.717) is 12.7 Å². The molecule has 9 nitrogen and oxygen atoms in total. The monoisotopic (exact) mass is 429 g/mol. The van der Waals surface area contributed by atoms with Crippen molar-refractivity contribution in [3.8, 4) is 0 Å². The molecule has 0 unspecified atom stereocenters. The average Bonchev–Trinajstić information content (AvgIpc) is 2.95. The maximum absolute atomic E-state index is 12.6. The zero-order valence-corrected chi connectivity index (χ0v) is 19.4. The maximum atomic E-state index is 12.6. The van der Waals surface area contributed by atoms with Gasteiger partial charge < -0.3 is 29.0 Å². The normalized spacial score (nSPS) is 30.5. The number of rotatable bonds is 5. The minimum Gasteiger partial charge on any atom is -0.467 e. The third-order valence-corrected chi connectivity index (χ3v) is 6.10. The minimum atomic E-state index is -1.87. The summed E-state index contributed by atoms with van der Waals surface area (Å²) in [5.74, 6) is -0.810. The van der Waals surface area contributed by atoms with E-state index in [1.165, 1.54) is 7.11 Å². The fraction of sp³-hybridized carbons (Fsp3) is 0.900. The molecule has 2 aliphatic heterocycles. The highest BCUT2D eigenvalue weighted by Gasteiger charge is 2.59. The molecule has 172 valence electrons. The van der Waals surface area contributed by atoms with Crippen molar-refractivity contribution in [2.75, 3.05) is 13.7 Å². The molecule has 2 fully saturated rings. The predicted molar refractivity (Wildman–Crippen MR) is 110 cm³/mol. The van der Waals surface area contributed by atoms with Gasteiger partial charge in [0.05, 0.1) is 24.9 Å². The lowest BCUT2D eigenvalue weighted by molar-refractivity contribution is -0.157. The summed E-state index contributed by atoms with van der Waals surface area (Å²) in [6.45, 7) is 12.7. The molecule has 2 rings (SSSR count). The van der Waals surface area contributed by atoms with Gasteiger partial charge in [-0.05, 0) is 61.2 Å². The Morgan fingerprint density at radius 1 is 1.17 bits per heavy atom. The first kappa shape index (κ1) is 24.9. The van der Waals surface area contributed by atoms with Gasteiger partial charge in [-0.2, -0.15) is 0 Å². The highest BCUT2D eigenvalue weighted by Crippen LogP contribution is 2.40. The molecule has 0 radical (unpaired) electrons. The summed E-state index contributed by atoms with van der Waals surface area (Å²) in [6.07, 6.45) is -1.20. The zero-order valence-electron chi connectivity index (χ0n) is 19.4. The summed E-state index contributed by atoms with van der Waals surface area (Å²) in [6, 6.07) is -1.37. The van der Waals surface area contributed by atoms with Gasteiger partial charge in [0, 0.05) is 0 Å². The molecule has 3 atom stereocenters. The molecular formula is C20H36BNO8. The van der Waals surface area contributed by atoms with Crippen molar-refractivity contribution in [3.05, 3.63) is 0 Å². The average molecular weight is 429 g/mol. The molecule has 0 aromatic heterocycles. The van der Waals surface area contributed by atoms with E-state index in [4.69, 9.17) is 18.8 Å². The topological polar surface area (TPSA) is 115 Å². The number of methoxy groups -OCH3 is 1. The molecule has 2 heterocycles. The number of amides is 1. The summed E-state index contributed by atoms with van der Waals surface area (Å²) in [5.41, 5.74) is -3.60. The van der Waals surface area contributed by atoms with E-state index in [2.05, 4.69) is 0 Å². The van der Waals surface area contributed by atoms with Crippen LogP contribution in [-0.2, 0) is 23.6 Å². The lowest BCUT2D eigenvalue weighted by Crippen LogP contribution is -2.55. The van der Waals surface area contributed by atoms with E-state index in [1.807, 2.05) is 27.7 Å². The van der Waals surface area contributed by atoms with E-state index in [0.717, 1.165) is 4.90 Å². The molecular weight excluding hydrogens is 393 g/mol. The van der Waals surface area contributed by atoms with Gasteiger partial charge in [-0.3, -0.25) is 4.90 Å². The molecule has 30 heavy (non-hydrogen) atoms. The second kappa shape index (κ2) is 8.29. The number of likely N-dealkylation sites (tertiary alicyclic amines) is 1. The van der Waals surface area contributed by atoms with Crippen molar-refractivity contribution in [2.24, 2.45) is 0 Å². The van der Waals surface area contributed by atoms with Crippen molar-refractivity contribution in [1.82, 2.24) is 4.90 Å². The SMILES string of the molecule is COC(=O)[C@H]1N(C(=O)OC(C)(C)C)C[C@H](O)[C@@]1(O)CCCB1OC(C)(C)C(C)(C)O1. The molecule has 0 spiro atoms. The fourth-order valence-corrected chi connectivity index (χ4v) is 3.78. The third kappa shape index (κ3) is 4.93. The van der Waals surface area contributed by atoms with Crippen LogP contribution in [0.4, 0.5) is 4.79 Å². The number of aliphatic hydroxyl groups excluding tert-OH is 1. The lowest BCUT2D eigenvalue weighted by atomic mass is 9.78. The highest BCUT2D eigenvalue weighted by atomic mass is 16.7. The number of β-amino-alcohol motifs (C(OH)–C–C–N with tert-alkyl or cyclic N) is 1. The maximum Gasteiger partial charge on any atom is 0.457 e. The van der Waals surface area contributed by atoms with Crippen molar-refractivity contribution < 1.29 is 38.6 Å². The van der Waals surface area contributed by atoms with E-state index in [-0.39, 0.29) is 13.0 Å². The number of hydrogen-bond acceptors (Lipinski definition) is 8. The standard InChI is InChI=1S/C20H36BNO8/c1-17(2,3)28-16(25)22-12-13(23)20(26,14(22)15(24)27-8)10-9-11-21-29-18(4,5)19(6,7)30-21/h13-14,23,26H,9-12H2,1-8H3/t13-,14+,20-/m0/s1. The van der Waals surface area contributed by atoms with E-state index in [1.54, 1.807) is 20.8 Å². The van der Waals surface area contributed by atoms with Crippen molar-refractivity contribution in [2.45, 2.75) is 102 Å². The van der Waals surface area contributed by atoms with E-state index < -0.39 is 53.7 Å². The van der Waals surface area contributed by atoms with Gasteiger partial charge in [-0.25, -0.2) is 9.59 Å². The lowest BCUT2D eigenvalue weighted by Gasteiger charge is -2.33. The first-order valence-corrected chi connectivity index (χ1v) is 10.4.